The third-order valence-corrected chi connectivity index (χ3v) is 5.48. The van der Waals surface area contributed by atoms with Gasteiger partial charge in [0, 0.05) is 46.9 Å². The first-order valence-corrected chi connectivity index (χ1v) is 9.30. The Kier molecular flexibility index (Phi) is 3.80. The van der Waals surface area contributed by atoms with Crippen LogP contribution in [0.5, 0.6) is 0 Å². The molecule has 2 aromatic carbocycles. The second-order valence-corrected chi connectivity index (χ2v) is 7.23. The number of fused-ring (bicyclic) bond motifs is 3. The van der Waals surface area contributed by atoms with Crippen LogP contribution in [0.1, 0.15) is 11.3 Å². The summed E-state index contributed by atoms with van der Waals surface area (Å²) in [6, 6.07) is 17.2. The van der Waals surface area contributed by atoms with Gasteiger partial charge in [-0.3, -0.25) is 14.9 Å². The Hall–Kier alpha value is -3.38. The van der Waals surface area contributed by atoms with Crippen molar-refractivity contribution in [1.82, 2.24) is 9.88 Å². The van der Waals surface area contributed by atoms with E-state index in [9.17, 15) is 14.7 Å². The van der Waals surface area contributed by atoms with E-state index in [0.29, 0.717) is 18.5 Å². The summed E-state index contributed by atoms with van der Waals surface area (Å²) in [5, 5.41) is 16.2. The Balaban J connectivity index is 1.74. The molecule has 2 aliphatic heterocycles. The van der Waals surface area contributed by atoms with Crippen molar-refractivity contribution < 1.29 is 14.7 Å². The number of hydrogen-bond donors (Lipinski definition) is 3. The zero-order valence-corrected chi connectivity index (χ0v) is 15.1. The fourth-order valence-corrected chi connectivity index (χ4v) is 4.25. The van der Waals surface area contributed by atoms with Gasteiger partial charge in [-0.05, 0) is 24.6 Å². The van der Waals surface area contributed by atoms with Crippen LogP contribution in [-0.4, -0.2) is 28.1 Å². The molecule has 0 aliphatic carbocycles. The summed E-state index contributed by atoms with van der Waals surface area (Å²) in [5.41, 5.74) is 4.18. The number of anilines is 1. The molecule has 3 heterocycles. The number of amides is 2. The van der Waals surface area contributed by atoms with Gasteiger partial charge in [0.1, 0.15) is 5.70 Å². The quantitative estimate of drug-likeness (QED) is 0.613. The lowest BCUT2D eigenvalue weighted by Crippen LogP contribution is -2.24. The van der Waals surface area contributed by atoms with E-state index in [1.54, 1.807) is 0 Å². The molecule has 0 bridgehead atoms. The van der Waals surface area contributed by atoms with Gasteiger partial charge in [-0.2, -0.15) is 0 Å². The molecular formula is C22H19N3O3. The number of para-hydroxylation sites is 2. The Morgan fingerprint density at radius 1 is 1.04 bits per heavy atom. The van der Waals surface area contributed by atoms with Gasteiger partial charge in [0.15, 0.2) is 0 Å². The smallest absolute Gasteiger partial charge is 0.275 e. The Morgan fingerprint density at radius 3 is 2.57 bits per heavy atom. The molecular weight excluding hydrogens is 354 g/mol. The first-order chi connectivity index (χ1) is 13.7. The molecule has 3 N–H and O–H groups in total. The molecule has 3 aromatic rings. The number of nitrogens with one attached hydrogen (secondary N) is 2. The van der Waals surface area contributed by atoms with Crippen LogP contribution in [0.15, 0.2) is 60.3 Å². The summed E-state index contributed by atoms with van der Waals surface area (Å²) in [5.74, 6) is -0.704. The molecule has 6 nitrogen and oxygen atoms in total. The SMILES string of the molecule is O=C1NC(=O)C(c2c3n(c4ccccc24)C[C@H](CO)C3)=C1Nc1ccccc1. The molecule has 0 fully saturated rings. The summed E-state index contributed by atoms with van der Waals surface area (Å²) in [7, 11) is 0. The molecule has 2 amide bonds. The van der Waals surface area contributed by atoms with Gasteiger partial charge < -0.3 is 15.0 Å². The molecule has 6 heteroatoms. The molecule has 2 aliphatic rings. The van der Waals surface area contributed by atoms with E-state index in [1.807, 2.05) is 54.6 Å². The molecule has 5 rings (SSSR count). The van der Waals surface area contributed by atoms with Crippen molar-refractivity contribution in [3.8, 4) is 0 Å². The van der Waals surface area contributed by atoms with Gasteiger partial charge in [0.25, 0.3) is 11.8 Å². The summed E-state index contributed by atoms with van der Waals surface area (Å²) >= 11 is 0. The summed E-state index contributed by atoms with van der Waals surface area (Å²) < 4.78 is 2.16. The molecule has 0 radical (unpaired) electrons. The lowest BCUT2D eigenvalue weighted by molar-refractivity contribution is -0.123. The summed E-state index contributed by atoms with van der Waals surface area (Å²) in [6.45, 7) is 0.797. The van der Waals surface area contributed by atoms with Gasteiger partial charge in [-0.15, -0.1) is 0 Å². The minimum absolute atomic E-state index is 0.0920. The number of imide groups is 1. The number of aliphatic hydroxyl groups is 1. The predicted molar refractivity (Wildman–Crippen MR) is 106 cm³/mol. The number of carbonyl (C=O) groups is 2. The molecule has 140 valence electrons. The van der Waals surface area contributed by atoms with Crippen molar-refractivity contribution in [2.45, 2.75) is 13.0 Å². The normalized spacial score (nSPS) is 18.7. The van der Waals surface area contributed by atoms with E-state index in [0.717, 1.165) is 27.8 Å². The molecule has 1 atom stereocenters. The van der Waals surface area contributed by atoms with Gasteiger partial charge >= 0.3 is 0 Å². The van der Waals surface area contributed by atoms with E-state index in [4.69, 9.17) is 0 Å². The Bertz CT molecular complexity index is 1140. The van der Waals surface area contributed by atoms with E-state index in [1.165, 1.54) is 0 Å². The molecule has 0 saturated heterocycles. The molecule has 0 unspecified atom stereocenters. The van der Waals surface area contributed by atoms with Crippen LogP contribution in [-0.2, 0) is 22.6 Å². The number of carbonyl (C=O) groups excluding carboxylic acids is 2. The Labute approximate surface area is 161 Å². The van der Waals surface area contributed by atoms with Crippen molar-refractivity contribution in [2.24, 2.45) is 5.92 Å². The maximum atomic E-state index is 12.8. The van der Waals surface area contributed by atoms with E-state index < -0.39 is 11.8 Å². The van der Waals surface area contributed by atoms with Crippen LogP contribution in [0.3, 0.4) is 0 Å². The van der Waals surface area contributed by atoms with Gasteiger partial charge in [0.2, 0.25) is 0 Å². The van der Waals surface area contributed by atoms with Crippen molar-refractivity contribution in [2.75, 3.05) is 11.9 Å². The maximum Gasteiger partial charge on any atom is 0.275 e. The summed E-state index contributed by atoms with van der Waals surface area (Å²) in [6.07, 6.45) is 0.671. The first-order valence-electron chi connectivity index (χ1n) is 9.30. The highest BCUT2D eigenvalue weighted by Crippen LogP contribution is 2.40. The highest BCUT2D eigenvalue weighted by Gasteiger charge is 2.37. The van der Waals surface area contributed by atoms with Gasteiger partial charge in [-0.1, -0.05) is 36.4 Å². The van der Waals surface area contributed by atoms with Crippen molar-refractivity contribution >= 4 is 34.0 Å². The Morgan fingerprint density at radius 2 is 1.79 bits per heavy atom. The second kappa shape index (κ2) is 6.35. The van der Waals surface area contributed by atoms with Crippen molar-refractivity contribution in [3.63, 3.8) is 0 Å². The zero-order chi connectivity index (χ0) is 19.3. The first kappa shape index (κ1) is 16.8. The van der Waals surface area contributed by atoms with Crippen LogP contribution in [0, 0.1) is 5.92 Å². The number of hydrogen-bond acceptors (Lipinski definition) is 4. The zero-order valence-electron chi connectivity index (χ0n) is 15.1. The molecule has 0 spiro atoms. The third-order valence-electron chi connectivity index (χ3n) is 5.48. The standard InChI is InChI=1S/C22H19N3O3/c26-12-13-10-17-18(15-8-4-5-9-16(15)25(17)11-13)19-20(22(28)24-21(19)27)23-14-6-2-1-3-7-14/h1-9,13,26H,10-12H2,(H2,23,24,27,28)/t13-/m1/s1. The van der Waals surface area contributed by atoms with Crippen molar-refractivity contribution in [3.05, 3.63) is 71.6 Å². The van der Waals surface area contributed by atoms with Gasteiger partial charge in [0.05, 0.1) is 5.57 Å². The summed E-state index contributed by atoms with van der Waals surface area (Å²) in [4.78, 5) is 25.3. The predicted octanol–water partition coefficient (Wildman–Crippen LogP) is 2.29. The monoisotopic (exact) mass is 373 g/mol. The number of benzene rings is 2. The lowest BCUT2D eigenvalue weighted by atomic mass is 9.96. The van der Waals surface area contributed by atoms with Crippen LogP contribution < -0.4 is 10.6 Å². The maximum absolute atomic E-state index is 12.8. The highest BCUT2D eigenvalue weighted by molar-refractivity contribution is 6.38. The van der Waals surface area contributed by atoms with E-state index in [-0.39, 0.29) is 18.2 Å². The molecule has 0 saturated carbocycles. The average Bonchev–Trinajstić information content (AvgIpc) is 3.34. The fraction of sp³-hybridized carbons (Fsp3) is 0.182. The van der Waals surface area contributed by atoms with Crippen molar-refractivity contribution in [1.29, 1.82) is 0 Å². The number of rotatable bonds is 4. The third kappa shape index (κ3) is 2.46. The molecule has 1 aromatic heterocycles. The fourth-order valence-electron chi connectivity index (χ4n) is 4.25. The largest absolute Gasteiger partial charge is 0.396 e. The molecule has 28 heavy (non-hydrogen) atoms. The van der Waals surface area contributed by atoms with Crippen LogP contribution in [0.2, 0.25) is 0 Å². The average molecular weight is 373 g/mol. The van der Waals surface area contributed by atoms with Crippen LogP contribution in [0.4, 0.5) is 5.69 Å². The topological polar surface area (TPSA) is 83.4 Å². The van der Waals surface area contributed by atoms with E-state index >= 15 is 0 Å². The van der Waals surface area contributed by atoms with E-state index in [2.05, 4.69) is 15.2 Å². The second-order valence-electron chi connectivity index (χ2n) is 7.23. The number of aliphatic hydroxyl groups excluding tert-OH is 1. The highest BCUT2D eigenvalue weighted by atomic mass is 16.3. The minimum atomic E-state index is -0.426. The lowest BCUT2D eigenvalue weighted by Gasteiger charge is -2.09. The number of nitrogens with zero attached hydrogens (tertiary/aromatic N) is 1. The van der Waals surface area contributed by atoms with Crippen LogP contribution >= 0.6 is 0 Å². The van der Waals surface area contributed by atoms with Gasteiger partial charge in [-0.25, -0.2) is 0 Å². The number of aromatic nitrogens is 1. The minimum Gasteiger partial charge on any atom is -0.396 e. The van der Waals surface area contributed by atoms with Crippen LogP contribution in [0.25, 0.3) is 16.5 Å².